The first-order valence-electron chi connectivity index (χ1n) is 17.2. The van der Waals surface area contributed by atoms with Crippen molar-refractivity contribution in [3.05, 3.63) is 125 Å². The van der Waals surface area contributed by atoms with Gasteiger partial charge in [-0.25, -0.2) is 21.9 Å². The Morgan fingerprint density at radius 1 is 0.942 bits per heavy atom. The second kappa shape index (κ2) is 13.7. The van der Waals surface area contributed by atoms with Crippen molar-refractivity contribution in [1.82, 2.24) is 19.7 Å². The van der Waals surface area contributed by atoms with Gasteiger partial charge in [0.25, 0.3) is 0 Å². The van der Waals surface area contributed by atoms with E-state index in [2.05, 4.69) is 28.8 Å². The molecule has 0 spiro atoms. The number of nitrogen functional groups attached to an aromatic ring is 1. The standard InChI is InChI=1S/C40H39F2N5O4S/c1-23(2)46-15-13-26(14-16-46)29-17-24(3)9-12-37(29)52(49,50)38-20-27-19-34(45-33(27)21-32(38)42)39(48)30-22-44-47(40(30)43)35-11-10-28(18-25(35)4)51-36-8-6-5-7-31(36)41/h5-12,17-23,26,45H,13-16,43H2,1-4H3. The fourth-order valence-corrected chi connectivity index (χ4v) is 8.61. The average molecular weight is 724 g/mol. The fourth-order valence-electron chi connectivity index (χ4n) is 6.99. The topological polar surface area (TPSA) is 123 Å². The van der Waals surface area contributed by atoms with Crippen LogP contribution >= 0.6 is 0 Å². The number of hydrogen-bond donors (Lipinski definition) is 2. The molecule has 0 radical (unpaired) electrons. The van der Waals surface area contributed by atoms with Crippen LogP contribution in [0.3, 0.4) is 0 Å². The van der Waals surface area contributed by atoms with Crippen LogP contribution in [0.15, 0.2) is 94.9 Å². The van der Waals surface area contributed by atoms with Crippen molar-refractivity contribution < 1.29 is 26.7 Å². The molecule has 0 saturated carbocycles. The SMILES string of the molecule is Cc1ccc(S(=O)(=O)c2cc3cc(C(=O)c4cnn(-c5ccc(Oc6ccccc6F)cc5C)c4N)[nH]c3cc2F)c(C2CCN(C(C)C)CC2)c1. The first-order valence-corrected chi connectivity index (χ1v) is 18.6. The third-order valence-electron chi connectivity index (χ3n) is 9.87. The number of anilines is 1. The number of ether oxygens (including phenoxy) is 1. The number of nitrogens with zero attached hydrogens (tertiary/aromatic N) is 3. The van der Waals surface area contributed by atoms with E-state index in [0.717, 1.165) is 37.6 Å². The zero-order valence-electron chi connectivity index (χ0n) is 29.3. The monoisotopic (exact) mass is 723 g/mol. The molecule has 7 rings (SSSR count). The Balaban J connectivity index is 1.16. The molecule has 1 saturated heterocycles. The molecule has 1 fully saturated rings. The molecule has 6 aromatic rings. The number of halogens is 2. The van der Waals surface area contributed by atoms with E-state index in [-0.39, 0.29) is 39.2 Å². The van der Waals surface area contributed by atoms with E-state index in [0.29, 0.717) is 34.0 Å². The van der Waals surface area contributed by atoms with Gasteiger partial charge in [-0.15, -0.1) is 0 Å². The summed E-state index contributed by atoms with van der Waals surface area (Å²) in [6, 6.07) is 20.6. The van der Waals surface area contributed by atoms with E-state index in [1.165, 1.54) is 35.1 Å². The summed E-state index contributed by atoms with van der Waals surface area (Å²) in [5.74, 6) is -1.32. The predicted octanol–water partition coefficient (Wildman–Crippen LogP) is 8.27. The lowest BCUT2D eigenvalue weighted by atomic mass is 9.88. The molecule has 0 bridgehead atoms. The highest BCUT2D eigenvalue weighted by Crippen LogP contribution is 2.38. The molecular formula is C40H39F2N5O4S. The van der Waals surface area contributed by atoms with Gasteiger partial charge in [0.05, 0.1) is 28.0 Å². The summed E-state index contributed by atoms with van der Waals surface area (Å²) in [6.45, 7) is 9.75. The fraction of sp³-hybridized carbons (Fsp3) is 0.250. The predicted molar refractivity (Wildman–Crippen MR) is 196 cm³/mol. The molecule has 4 aromatic carbocycles. The number of aryl methyl sites for hydroxylation is 2. The lowest BCUT2D eigenvalue weighted by Gasteiger charge is -2.35. The molecule has 3 heterocycles. The van der Waals surface area contributed by atoms with Gasteiger partial charge in [-0.1, -0.05) is 29.8 Å². The van der Waals surface area contributed by atoms with E-state index < -0.39 is 32.2 Å². The van der Waals surface area contributed by atoms with Gasteiger partial charge < -0.3 is 20.4 Å². The molecule has 9 nitrogen and oxygen atoms in total. The lowest BCUT2D eigenvalue weighted by Crippen LogP contribution is -2.38. The number of nitrogens with one attached hydrogen (secondary N) is 1. The molecule has 1 aliphatic rings. The number of benzene rings is 4. The number of ketones is 1. The molecule has 1 aliphatic heterocycles. The summed E-state index contributed by atoms with van der Waals surface area (Å²) in [7, 11) is -4.26. The van der Waals surface area contributed by atoms with Crippen molar-refractivity contribution in [2.24, 2.45) is 0 Å². The minimum atomic E-state index is -4.26. The highest BCUT2D eigenvalue weighted by molar-refractivity contribution is 7.91. The molecule has 0 amide bonds. The van der Waals surface area contributed by atoms with Crippen LogP contribution in [0.1, 0.15) is 65.3 Å². The van der Waals surface area contributed by atoms with Crippen molar-refractivity contribution in [2.45, 2.75) is 62.3 Å². The third kappa shape index (κ3) is 6.48. The number of carbonyl (C=O) groups excluding carboxylic acids is 1. The van der Waals surface area contributed by atoms with Gasteiger partial charge in [0.2, 0.25) is 15.6 Å². The molecule has 268 valence electrons. The van der Waals surface area contributed by atoms with Crippen LogP contribution in [-0.4, -0.2) is 53.0 Å². The number of fused-ring (bicyclic) bond motifs is 1. The number of piperidine rings is 1. The Morgan fingerprint density at radius 3 is 2.40 bits per heavy atom. The van der Waals surface area contributed by atoms with E-state index >= 15 is 4.39 Å². The highest BCUT2D eigenvalue weighted by atomic mass is 32.2. The Kier molecular flexibility index (Phi) is 9.22. The summed E-state index contributed by atoms with van der Waals surface area (Å²) in [5, 5.41) is 4.70. The van der Waals surface area contributed by atoms with Crippen molar-refractivity contribution in [3.63, 3.8) is 0 Å². The minimum absolute atomic E-state index is 0.0308. The zero-order valence-corrected chi connectivity index (χ0v) is 30.1. The molecule has 3 N–H and O–H groups in total. The maximum atomic E-state index is 15.7. The van der Waals surface area contributed by atoms with Gasteiger partial charge in [-0.2, -0.15) is 5.10 Å². The van der Waals surface area contributed by atoms with Crippen molar-refractivity contribution in [3.8, 4) is 17.2 Å². The van der Waals surface area contributed by atoms with Gasteiger partial charge in [0, 0.05) is 16.9 Å². The Labute approximate surface area is 300 Å². The smallest absolute Gasteiger partial charge is 0.214 e. The first kappa shape index (κ1) is 35.1. The second-order valence-corrected chi connectivity index (χ2v) is 15.6. The molecular weight excluding hydrogens is 685 g/mol. The summed E-state index contributed by atoms with van der Waals surface area (Å²) in [5.41, 5.74) is 9.82. The number of para-hydroxylation sites is 1. The molecule has 12 heteroatoms. The first-order chi connectivity index (χ1) is 24.8. The van der Waals surface area contributed by atoms with E-state index in [1.54, 1.807) is 49.4 Å². The van der Waals surface area contributed by atoms with Crippen molar-refractivity contribution in [1.29, 1.82) is 0 Å². The van der Waals surface area contributed by atoms with Crippen molar-refractivity contribution >= 4 is 32.3 Å². The van der Waals surface area contributed by atoms with Gasteiger partial charge in [0.15, 0.2) is 11.6 Å². The number of hydrogen-bond acceptors (Lipinski definition) is 7. The van der Waals surface area contributed by atoms with Crippen LogP contribution in [-0.2, 0) is 9.84 Å². The average Bonchev–Trinajstić information content (AvgIpc) is 3.71. The number of likely N-dealkylation sites (tertiary alicyclic amines) is 1. The number of rotatable bonds is 9. The van der Waals surface area contributed by atoms with E-state index in [9.17, 15) is 17.6 Å². The van der Waals surface area contributed by atoms with Gasteiger partial charge in [-0.05, 0) is 125 Å². The van der Waals surface area contributed by atoms with Crippen LogP contribution in [0, 0.1) is 25.5 Å². The van der Waals surface area contributed by atoms with E-state index in [4.69, 9.17) is 10.5 Å². The number of sulfone groups is 1. The van der Waals surface area contributed by atoms with Gasteiger partial charge in [-0.3, -0.25) is 4.79 Å². The quantitative estimate of drug-likeness (QED) is 0.144. The maximum Gasteiger partial charge on any atom is 0.214 e. The number of carbonyl (C=O) groups is 1. The second-order valence-electron chi connectivity index (χ2n) is 13.7. The molecule has 0 atom stereocenters. The Morgan fingerprint density at radius 2 is 1.69 bits per heavy atom. The largest absolute Gasteiger partial charge is 0.454 e. The Hall–Kier alpha value is -5.33. The van der Waals surface area contributed by atoms with Crippen LogP contribution in [0.25, 0.3) is 16.6 Å². The van der Waals surface area contributed by atoms with Crippen LogP contribution < -0.4 is 10.5 Å². The summed E-state index contributed by atoms with van der Waals surface area (Å²) >= 11 is 0. The van der Waals surface area contributed by atoms with Gasteiger partial charge in [0.1, 0.15) is 22.3 Å². The van der Waals surface area contributed by atoms with Crippen LogP contribution in [0.4, 0.5) is 14.6 Å². The Bertz CT molecular complexity index is 2450. The maximum absolute atomic E-state index is 15.7. The van der Waals surface area contributed by atoms with Gasteiger partial charge >= 0.3 is 0 Å². The summed E-state index contributed by atoms with van der Waals surface area (Å²) in [4.78, 5) is 18.7. The highest BCUT2D eigenvalue weighted by Gasteiger charge is 2.31. The normalized spacial score (nSPS) is 14.4. The number of aromatic amines is 1. The number of H-pyrrole nitrogens is 1. The van der Waals surface area contributed by atoms with Crippen LogP contribution in [0.2, 0.25) is 0 Å². The van der Waals surface area contributed by atoms with Crippen LogP contribution in [0.5, 0.6) is 11.5 Å². The molecule has 52 heavy (non-hydrogen) atoms. The van der Waals surface area contributed by atoms with E-state index in [1.807, 2.05) is 13.0 Å². The molecule has 0 unspecified atom stereocenters. The molecule has 0 aliphatic carbocycles. The minimum Gasteiger partial charge on any atom is -0.454 e. The number of aromatic nitrogens is 3. The van der Waals surface area contributed by atoms with Crippen molar-refractivity contribution in [2.75, 3.05) is 18.8 Å². The summed E-state index contributed by atoms with van der Waals surface area (Å²) in [6.07, 6.45) is 2.96. The molecule has 2 aromatic heterocycles. The zero-order chi connectivity index (χ0) is 36.9. The number of nitrogens with two attached hydrogens (primary N) is 1. The summed E-state index contributed by atoms with van der Waals surface area (Å²) < 4.78 is 65.3. The third-order valence-corrected chi connectivity index (χ3v) is 11.7. The lowest BCUT2D eigenvalue weighted by molar-refractivity contribution is 0.103.